The summed E-state index contributed by atoms with van der Waals surface area (Å²) >= 11 is 1.69. The van der Waals surface area contributed by atoms with E-state index in [9.17, 15) is 9.59 Å². The lowest BCUT2D eigenvalue weighted by Crippen LogP contribution is -2.47. The molecule has 1 saturated heterocycles. The van der Waals surface area contributed by atoms with Gasteiger partial charge in [-0.2, -0.15) is 0 Å². The minimum atomic E-state index is -0.653. The van der Waals surface area contributed by atoms with Crippen LogP contribution in [0.1, 0.15) is 93.7 Å². The van der Waals surface area contributed by atoms with Gasteiger partial charge >= 0.3 is 6.03 Å². The Hall–Kier alpha value is -1.43. The zero-order valence-corrected chi connectivity index (χ0v) is 16.3. The Balaban J connectivity index is 1.45. The highest BCUT2D eigenvalue weighted by Crippen LogP contribution is 2.35. The van der Waals surface area contributed by atoms with Crippen molar-refractivity contribution in [3.63, 3.8) is 0 Å². The third-order valence-electron chi connectivity index (χ3n) is 6.30. The second-order valence-electron chi connectivity index (χ2n) is 8.18. The van der Waals surface area contributed by atoms with E-state index in [1.165, 1.54) is 48.4 Å². The third-order valence-corrected chi connectivity index (χ3v) is 7.35. The van der Waals surface area contributed by atoms with Crippen molar-refractivity contribution in [1.29, 1.82) is 0 Å². The number of amides is 3. The van der Waals surface area contributed by atoms with Gasteiger partial charge in [0.2, 0.25) is 0 Å². The van der Waals surface area contributed by atoms with Crippen LogP contribution in [0.5, 0.6) is 0 Å². The lowest BCUT2D eigenvalue weighted by molar-refractivity contribution is -0.132. The monoisotopic (exact) mass is 375 g/mol. The van der Waals surface area contributed by atoms with Crippen molar-refractivity contribution in [2.75, 3.05) is 0 Å². The maximum Gasteiger partial charge on any atom is 0.325 e. The molecular formula is C20H29N3O2S. The Morgan fingerprint density at radius 1 is 1.04 bits per heavy atom. The number of imide groups is 1. The first-order valence-electron chi connectivity index (χ1n) is 10.3. The molecule has 6 heteroatoms. The van der Waals surface area contributed by atoms with Gasteiger partial charge in [0.25, 0.3) is 5.91 Å². The minimum Gasteiger partial charge on any atom is -0.323 e. The van der Waals surface area contributed by atoms with Gasteiger partial charge in [-0.05, 0) is 25.7 Å². The minimum absolute atomic E-state index is 0.0309. The molecule has 0 unspecified atom stereocenters. The maximum absolute atomic E-state index is 13.1. The fourth-order valence-electron chi connectivity index (χ4n) is 4.76. The van der Waals surface area contributed by atoms with Crippen LogP contribution in [0.15, 0.2) is 5.38 Å². The van der Waals surface area contributed by atoms with Gasteiger partial charge in [0, 0.05) is 11.3 Å². The van der Waals surface area contributed by atoms with Gasteiger partial charge < -0.3 is 5.32 Å². The highest BCUT2D eigenvalue weighted by Gasteiger charge is 2.50. The van der Waals surface area contributed by atoms with Crippen LogP contribution in [0, 0.1) is 0 Å². The van der Waals surface area contributed by atoms with E-state index in [2.05, 4.69) is 5.32 Å². The van der Waals surface area contributed by atoms with E-state index in [0.29, 0.717) is 12.5 Å². The Morgan fingerprint density at radius 3 is 2.42 bits per heavy atom. The normalized spacial score (nSPS) is 24.5. The zero-order chi connectivity index (χ0) is 18.0. The Kier molecular flexibility index (Phi) is 5.30. The van der Waals surface area contributed by atoms with E-state index in [0.717, 1.165) is 44.2 Å². The van der Waals surface area contributed by atoms with Crippen molar-refractivity contribution in [2.24, 2.45) is 0 Å². The molecule has 5 nitrogen and oxygen atoms in total. The molecule has 0 atom stereocenters. The molecule has 2 heterocycles. The van der Waals surface area contributed by atoms with Gasteiger partial charge in [-0.3, -0.25) is 9.69 Å². The van der Waals surface area contributed by atoms with Crippen LogP contribution >= 0.6 is 11.3 Å². The number of hydrogen-bond donors (Lipinski definition) is 1. The van der Waals surface area contributed by atoms with Crippen LogP contribution in [0.4, 0.5) is 4.79 Å². The highest BCUT2D eigenvalue weighted by molar-refractivity contribution is 7.09. The van der Waals surface area contributed by atoms with Gasteiger partial charge in [-0.15, -0.1) is 11.3 Å². The number of aromatic nitrogens is 1. The van der Waals surface area contributed by atoms with Crippen molar-refractivity contribution in [3.8, 4) is 0 Å². The predicted molar refractivity (Wildman–Crippen MR) is 102 cm³/mol. The standard InChI is InChI=1S/C20H29N3O2S/c24-18-20(11-7-2-1-3-8-12-20)22-19(25)23(18)13-16-14-26-17(21-16)15-9-5-4-6-10-15/h14-15H,1-13H2,(H,22,25). The van der Waals surface area contributed by atoms with Gasteiger partial charge in [-0.25, -0.2) is 9.78 Å². The molecule has 2 aliphatic carbocycles. The summed E-state index contributed by atoms with van der Waals surface area (Å²) in [6.45, 7) is 0.315. The number of thiazole rings is 1. The average molecular weight is 376 g/mol. The Morgan fingerprint density at radius 2 is 1.69 bits per heavy atom. The number of urea groups is 1. The summed E-state index contributed by atoms with van der Waals surface area (Å²) in [5.41, 5.74) is 0.210. The summed E-state index contributed by atoms with van der Waals surface area (Å²) in [6.07, 6.45) is 13.5. The molecule has 0 aromatic carbocycles. The quantitative estimate of drug-likeness (QED) is 0.777. The van der Waals surface area contributed by atoms with Gasteiger partial charge in [0.05, 0.1) is 17.2 Å². The van der Waals surface area contributed by atoms with Crippen molar-refractivity contribution < 1.29 is 9.59 Å². The molecule has 1 aromatic heterocycles. The van der Waals surface area contributed by atoms with E-state index >= 15 is 0 Å². The van der Waals surface area contributed by atoms with E-state index in [1.54, 1.807) is 11.3 Å². The molecule has 3 aliphatic rings. The largest absolute Gasteiger partial charge is 0.325 e. The van der Waals surface area contributed by atoms with E-state index < -0.39 is 5.54 Å². The summed E-state index contributed by atoms with van der Waals surface area (Å²) in [5, 5.41) is 6.26. The van der Waals surface area contributed by atoms with Crippen LogP contribution in [-0.2, 0) is 11.3 Å². The molecular weight excluding hydrogens is 346 g/mol. The third kappa shape index (κ3) is 3.53. The number of nitrogens with zero attached hydrogens (tertiary/aromatic N) is 2. The zero-order valence-electron chi connectivity index (χ0n) is 15.5. The molecule has 3 fully saturated rings. The van der Waals surface area contributed by atoms with Crippen LogP contribution < -0.4 is 5.32 Å². The first-order valence-corrected chi connectivity index (χ1v) is 11.1. The van der Waals surface area contributed by atoms with E-state index in [1.807, 2.05) is 5.38 Å². The first kappa shape index (κ1) is 18.0. The smallest absolute Gasteiger partial charge is 0.323 e. The molecule has 0 radical (unpaired) electrons. The van der Waals surface area contributed by atoms with Gasteiger partial charge in [0.15, 0.2) is 0 Å². The molecule has 26 heavy (non-hydrogen) atoms. The summed E-state index contributed by atoms with van der Waals surface area (Å²) < 4.78 is 0. The number of carbonyl (C=O) groups is 2. The van der Waals surface area contributed by atoms with E-state index in [-0.39, 0.29) is 11.9 Å². The SMILES string of the molecule is O=C1NC2(CCCCCCC2)C(=O)N1Cc1csc(C2CCCCC2)n1. The summed E-state index contributed by atoms with van der Waals surface area (Å²) in [4.78, 5) is 31.8. The number of carbonyl (C=O) groups excluding carboxylic acids is 2. The van der Waals surface area contributed by atoms with Crippen LogP contribution in [-0.4, -0.2) is 27.4 Å². The second kappa shape index (κ2) is 7.67. The van der Waals surface area contributed by atoms with Crippen molar-refractivity contribution in [2.45, 2.75) is 95.1 Å². The van der Waals surface area contributed by atoms with Crippen LogP contribution in [0.2, 0.25) is 0 Å². The summed E-state index contributed by atoms with van der Waals surface area (Å²) in [5.74, 6) is 0.541. The lowest BCUT2D eigenvalue weighted by Gasteiger charge is -2.28. The lowest BCUT2D eigenvalue weighted by atomic mass is 9.84. The molecule has 1 N–H and O–H groups in total. The second-order valence-corrected chi connectivity index (χ2v) is 9.07. The van der Waals surface area contributed by atoms with Crippen LogP contribution in [0.25, 0.3) is 0 Å². The van der Waals surface area contributed by atoms with Crippen LogP contribution in [0.3, 0.4) is 0 Å². The fraction of sp³-hybridized carbons (Fsp3) is 0.750. The molecule has 1 aromatic rings. The topological polar surface area (TPSA) is 62.3 Å². The summed E-state index contributed by atoms with van der Waals surface area (Å²) in [6, 6.07) is -0.234. The number of hydrogen-bond acceptors (Lipinski definition) is 4. The fourth-order valence-corrected chi connectivity index (χ4v) is 5.74. The molecule has 4 rings (SSSR count). The number of rotatable bonds is 3. The molecule has 142 valence electrons. The Labute approximate surface area is 159 Å². The predicted octanol–water partition coefficient (Wildman–Crippen LogP) is 4.73. The molecule has 1 aliphatic heterocycles. The average Bonchev–Trinajstić information content (AvgIpc) is 3.19. The van der Waals surface area contributed by atoms with Crippen molar-refractivity contribution in [3.05, 3.63) is 16.1 Å². The molecule has 1 spiro atoms. The van der Waals surface area contributed by atoms with Gasteiger partial charge in [0.1, 0.15) is 5.54 Å². The van der Waals surface area contributed by atoms with Crippen molar-refractivity contribution >= 4 is 23.3 Å². The molecule has 0 bridgehead atoms. The van der Waals surface area contributed by atoms with Gasteiger partial charge in [-0.1, -0.05) is 51.4 Å². The molecule has 3 amide bonds. The summed E-state index contributed by atoms with van der Waals surface area (Å²) in [7, 11) is 0. The Bertz CT molecular complexity index is 658. The maximum atomic E-state index is 13.1. The first-order chi connectivity index (χ1) is 12.7. The van der Waals surface area contributed by atoms with E-state index in [4.69, 9.17) is 4.98 Å². The van der Waals surface area contributed by atoms with Crippen molar-refractivity contribution in [1.82, 2.24) is 15.2 Å². The highest BCUT2D eigenvalue weighted by atomic mass is 32.1. The molecule has 2 saturated carbocycles. The number of nitrogens with one attached hydrogen (secondary N) is 1.